The van der Waals surface area contributed by atoms with Crippen molar-refractivity contribution in [2.45, 2.75) is 33.6 Å². The third-order valence-corrected chi connectivity index (χ3v) is 5.75. The number of anilines is 1. The number of fused-ring (bicyclic) bond motifs is 1. The highest BCUT2D eigenvalue weighted by Gasteiger charge is 2.20. The van der Waals surface area contributed by atoms with Crippen LogP contribution in [0.5, 0.6) is 0 Å². The molecule has 0 unspecified atom stereocenters. The van der Waals surface area contributed by atoms with Gasteiger partial charge in [0.2, 0.25) is 5.91 Å². The molecule has 2 aromatic heterocycles. The summed E-state index contributed by atoms with van der Waals surface area (Å²) >= 11 is 0. The predicted octanol–water partition coefficient (Wildman–Crippen LogP) is 4.36. The van der Waals surface area contributed by atoms with Gasteiger partial charge in [0.05, 0.1) is 11.4 Å². The summed E-state index contributed by atoms with van der Waals surface area (Å²) in [6.45, 7) is 5.86. The van der Waals surface area contributed by atoms with Crippen LogP contribution in [-0.2, 0) is 18.3 Å². The maximum Gasteiger partial charge on any atom is 0.255 e. The number of aromatic nitrogens is 3. The van der Waals surface area contributed by atoms with Crippen molar-refractivity contribution in [3.63, 3.8) is 0 Å². The van der Waals surface area contributed by atoms with Gasteiger partial charge in [-0.05, 0) is 69.2 Å². The van der Waals surface area contributed by atoms with Gasteiger partial charge in [-0.25, -0.2) is 9.07 Å². The van der Waals surface area contributed by atoms with E-state index in [1.165, 1.54) is 24.3 Å². The Morgan fingerprint density at radius 3 is 2.34 bits per heavy atom. The van der Waals surface area contributed by atoms with Gasteiger partial charge in [-0.3, -0.25) is 14.2 Å². The fourth-order valence-corrected chi connectivity index (χ4v) is 4.03. The van der Waals surface area contributed by atoms with Crippen LogP contribution in [0, 0.1) is 26.6 Å². The number of nitrogens with one attached hydrogen (secondary N) is 1. The molecule has 0 fully saturated rings. The van der Waals surface area contributed by atoms with Crippen LogP contribution in [0.1, 0.15) is 28.8 Å². The zero-order chi connectivity index (χ0) is 23.0. The van der Waals surface area contributed by atoms with Gasteiger partial charge in [0.15, 0.2) is 0 Å². The average Bonchev–Trinajstić information content (AvgIpc) is 3.11. The van der Waals surface area contributed by atoms with Crippen LogP contribution < -0.4 is 10.9 Å². The average molecular weight is 432 g/mol. The molecular formula is C25H25FN4O2. The lowest BCUT2D eigenvalue weighted by atomic mass is 10.0. The number of rotatable bonds is 5. The lowest BCUT2D eigenvalue weighted by Gasteiger charge is -2.13. The smallest absolute Gasteiger partial charge is 0.255 e. The highest BCUT2D eigenvalue weighted by molar-refractivity contribution is 5.91. The predicted molar refractivity (Wildman–Crippen MR) is 124 cm³/mol. The number of amides is 1. The summed E-state index contributed by atoms with van der Waals surface area (Å²) in [5.41, 5.74) is 5.40. The van der Waals surface area contributed by atoms with E-state index in [1.807, 2.05) is 45.0 Å². The molecule has 0 aliphatic carbocycles. The van der Waals surface area contributed by atoms with Crippen molar-refractivity contribution in [3.8, 4) is 5.69 Å². The first-order valence-electron chi connectivity index (χ1n) is 10.5. The van der Waals surface area contributed by atoms with Crippen LogP contribution in [0.4, 0.5) is 10.1 Å². The molecule has 4 aromatic rings. The molecule has 4 rings (SSSR count). The van der Waals surface area contributed by atoms with Crippen LogP contribution in [-0.4, -0.2) is 20.3 Å². The van der Waals surface area contributed by atoms with E-state index >= 15 is 0 Å². The Morgan fingerprint density at radius 1 is 1.03 bits per heavy atom. The van der Waals surface area contributed by atoms with Crippen LogP contribution in [0.3, 0.4) is 0 Å². The third-order valence-electron chi connectivity index (χ3n) is 5.75. The second-order valence-corrected chi connectivity index (χ2v) is 8.05. The number of pyridine rings is 1. The van der Waals surface area contributed by atoms with Crippen LogP contribution in [0.15, 0.2) is 53.3 Å². The number of hydrogen-bond acceptors (Lipinski definition) is 3. The molecule has 0 atom stereocenters. The molecule has 32 heavy (non-hydrogen) atoms. The van der Waals surface area contributed by atoms with Crippen molar-refractivity contribution >= 4 is 22.6 Å². The first kappa shape index (κ1) is 21.5. The zero-order valence-corrected chi connectivity index (χ0v) is 18.6. The minimum Gasteiger partial charge on any atom is -0.326 e. The molecule has 6 nitrogen and oxygen atoms in total. The van der Waals surface area contributed by atoms with E-state index in [4.69, 9.17) is 5.10 Å². The van der Waals surface area contributed by atoms with Crippen molar-refractivity contribution in [2.24, 2.45) is 7.05 Å². The molecule has 7 heteroatoms. The largest absolute Gasteiger partial charge is 0.326 e. The summed E-state index contributed by atoms with van der Waals surface area (Å²) in [4.78, 5) is 25.6. The quantitative estimate of drug-likeness (QED) is 0.510. The van der Waals surface area contributed by atoms with Crippen molar-refractivity contribution < 1.29 is 9.18 Å². The fourth-order valence-electron chi connectivity index (χ4n) is 4.03. The molecule has 2 heterocycles. The van der Waals surface area contributed by atoms with Gasteiger partial charge in [-0.2, -0.15) is 5.10 Å². The van der Waals surface area contributed by atoms with E-state index < -0.39 is 0 Å². The molecule has 0 saturated carbocycles. The van der Waals surface area contributed by atoms with Gasteiger partial charge in [-0.1, -0.05) is 17.7 Å². The monoisotopic (exact) mass is 432 g/mol. The number of nitrogens with zero attached hydrogens (tertiary/aromatic N) is 3. The minimum absolute atomic E-state index is 0.141. The van der Waals surface area contributed by atoms with Crippen molar-refractivity contribution in [1.29, 1.82) is 0 Å². The van der Waals surface area contributed by atoms with Gasteiger partial charge in [0.1, 0.15) is 11.5 Å². The molecule has 0 radical (unpaired) electrons. The molecule has 164 valence electrons. The summed E-state index contributed by atoms with van der Waals surface area (Å²) in [7, 11) is 1.73. The van der Waals surface area contributed by atoms with Gasteiger partial charge >= 0.3 is 0 Å². The van der Waals surface area contributed by atoms with E-state index in [0.717, 1.165) is 33.5 Å². The molecule has 0 saturated heterocycles. The standard InChI is InChI=1S/C25H25FN4O2/c1-15-5-11-20(12-6-15)30-24-23(17(3)28-30)16(2)21(25(32)29(24)4)13-14-22(31)27-19-9-7-18(26)8-10-19/h5-12H,13-14H2,1-4H3,(H,27,31). The van der Waals surface area contributed by atoms with E-state index in [2.05, 4.69) is 5.32 Å². The summed E-state index contributed by atoms with van der Waals surface area (Å²) in [6.07, 6.45) is 0.445. The van der Waals surface area contributed by atoms with Gasteiger partial charge in [-0.15, -0.1) is 0 Å². The zero-order valence-electron chi connectivity index (χ0n) is 18.6. The van der Waals surface area contributed by atoms with Gasteiger partial charge in [0, 0.05) is 30.1 Å². The number of hydrogen-bond donors (Lipinski definition) is 1. The molecule has 0 spiro atoms. The lowest BCUT2D eigenvalue weighted by Crippen LogP contribution is -2.25. The molecule has 1 amide bonds. The Labute approximate surface area is 185 Å². The fraction of sp³-hybridized carbons (Fsp3) is 0.240. The van der Waals surface area contributed by atoms with Gasteiger partial charge in [0.25, 0.3) is 5.56 Å². The van der Waals surface area contributed by atoms with Crippen LogP contribution in [0.2, 0.25) is 0 Å². The van der Waals surface area contributed by atoms with E-state index in [0.29, 0.717) is 17.7 Å². The Balaban J connectivity index is 1.67. The maximum atomic E-state index is 13.2. The number of aryl methyl sites for hydroxylation is 4. The van der Waals surface area contributed by atoms with Gasteiger partial charge < -0.3 is 5.32 Å². The van der Waals surface area contributed by atoms with E-state index in [-0.39, 0.29) is 23.7 Å². The van der Waals surface area contributed by atoms with Crippen LogP contribution >= 0.6 is 0 Å². The Morgan fingerprint density at radius 2 is 1.69 bits per heavy atom. The Kier molecular flexibility index (Phi) is 5.65. The second kappa shape index (κ2) is 8.42. The molecule has 0 aliphatic rings. The SMILES string of the molecule is Cc1ccc(-n2nc(C)c3c(C)c(CCC(=O)Nc4ccc(F)cc4)c(=O)n(C)c32)cc1. The maximum absolute atomic E-state index is 13.2. The first-order valence-corrected chi connectivity index (χ1v) is 10.5. The first-order chi connectivity index (χ1) is 15.3. The van der Waals surface area contributed by atoms with Crippen LogP contribution in [0.25, 0.3) is 16.7 Å². The summed E-state index contributed by atoms with van der Waals surface area (Å²) in [6, 6.07) is 13.6. The Bertz CT molecular complexity index is 1370. The molecule has 0 bridgehead atoms. The molecule has 1 N–H and O–H groups in total. The summed E-state index contributed by atoms with van der Waals surface area (Å²) < 4.78 is 16.5. The number of carbonyl (C=O) groups is 1. The minimum atomic E-state index is -0.364. The van der Waals surface area contributed by atoms with Crippen molar-refractivity contribution in [1.82, 2.24) is 14.3 Å². The van der Waals surface area contributed by atoms with Crippen molar-refractivity contribution in [2.75, 3.05) is 5.32 Å². The van der Waals surface area contributed by atoms with E-state index in [1.54, 1.807) is 16.3 Å². The lowest BCUT2D eigenvalue weighted by molar-refractivity contribution is -0.116. The normalized spacial score (nSPS) is 11.2. The highest BCUT2D eigenvalue weighted by Crippen LogP contribution is 2.26. The summed E-state index contributed by atoms with van der Waals surface area (Å²) in [5.74, 6) is -0.595. The number of halogens is 1. The van der Waals surface area contributed by atoms with Crippen molar-refractivity contribution in [3.05, 3.63) is 87.1 Å². The number of benzene rings is 2. The third kappa shape index (κ3) is 3.93. The Hall–Kier alpha value is -3.74. The second-order valence-electron chi connectivity index (χ2n) is 8.05. The molecule has 0 aliphatic heterocycles. The number of carbonyl (C=O) groups excluding carboxylic acids is 1. The topological polar surface area (TPSA) is 68.9 Å². The van der Waals surface area contributed by atoms with E-state index in [9.17, 15) is 14.0 Å². The highest BCUT2D eigenvalue weighted by atomic mass is 19.1. The molecule has 2 aromatic carbocycles. The summed E-state index contributed by atoms with van der Waals surface area (Å²) in [5, 5.41) is 8.36. The molecular weight excluding hydrogens is 407 g/mol.